The number of benzene rings is 4. The van der Waals surface area contributed by atoms with Crippen LogP contribution in [0.1, 0.15) is 76.9 Å². The SMILES string of the molecule is CCN=c1ccc2c(-c3ccc(C(=O)NCc4ccc([N+](=O)[O-])c(C(C)OC(=O)NCC#Cc5cn([C@H]6C[C@H](OCOC)[C@@H](COP(=O)(O)OP(=O)(O)OP(=O)(O)O)O6)c(=O)nc5N)c4)cc3C(=O)O)c3ccc(NCC)cc3oc-2c1. The zero-order valence-corrected chi connectivity index (χ0v) is 46.3. The second-order valence-corrected chi connectivity index (χ2v) is 22.0. The van der Waals surface area contributed by atoms with Crippen molar-refractivity contribution in [3.63, 3.8) is 0 Å². The number of aromatic nitrogens is 2. The maximum Gasteiger partial charge on any atom is 0.490 e. The molecule has 30 nitrogen and oxygen atoms in total. The minimum absolute atomic E-state index is 0.00452. The number of rotatable bonds is 23. The second-order valence-electron chi connectivity index (χ2n) is 17.6. The van der Waals surface area contributed by atoms with Crippen molar-refractivity contribution in [1.82, 2.24) is 20.2 Å². The van der Waals surface area contributed by atoms with Crippen LogP contribution in [0.15, 0.2) is 93.2 Å². The molecule has 3 aliphatic rings. The first-order valence-electron chi connectivity index (χ1n) is 24.3. The van der Waals surface area contributed by atoms with Crippen LogP contribution in [0.25, 0.3) is 33.4 Å². The van der Waals surface area contributed by atoms with E-state index in [0.717, 1.165) is 16.5 Å². The Morgan fingerprint density at radius 1 is 0.988 bits per heavy atom. The van der Waals surface area contributed by atoms with Gasteiger partial charge < -0.3 is 69.7 Å². The number of alkyl carbamates (subject to hydrolysis) is 1. The molecule has 0 saturated carbocycles. The van der Waals surface area contributed by atoms with Gasteiger partial charge in [0.05, 0.1) is 46.2 Å². The van der Waals surface area contributed by atoms with Crippen molar-refractivity contribution in [2.24, 2.45) is 4.99 Å². The van der Waals surface area contributed by atoms with E-state index < -0.39 is 95.4 Å². The van der Waals surface area contributed by atoms with Crippen molar-refractivity contribution < 1.29 is 94.2 Å². The second kappa shape index (κ2) is 26.5. The highest BCUT2D eigenvalue weighted by atomic mass is 31.3. The van der Waals surface area contributed by atoms with Crippen LogP contribution in [0, 0.1) is 22.0 Å². The van der Waals surface area contributed by atoms with Gasteiger partial charge in [-0.05, 0) is 74.4 Å². The number of nitro groups is 1. The number of hydrogen-bond donors (Lipinski definition) is 9. The number of nitrogens with two attached hydrogens (primary N) is 1. The van der Waals surface area contributed by atoms with Gasteiger partial charge >= 0.3 is 41.2 Å². The molecular weight excluding hydrogens is 1150 g/mol. The molecule has 0 spiro atoms. The molecule has 82 heavy (non-hydrogen) atoms. The molecule has 2 amide bonds. The summed E-state index contributed by atoms with van der Waals surface area (Å²) in [4.78, 5) is 109. The number of carboxylic acid groups (broad SMARTS) is 1. The van der Waals surface area contributed by atoms with Gasteiger partial charge in [-0.15, -0.1) is 0 Å². The van der Waals surface area contributed by atoms with Crippen molar-refractivity contribution in [3.05, 3.63) is 133 Å². The van der Waals surface area contributed by atoms with Gasteiger partial charge in [0.1, 0.15) is 42.4 Å². The van der Waals surface area contributed by atoms with E-state index in [2.05, 4.69) is 46.4 Å². The number of methoxy groups -OCH3 is 1. The third kappa shape index (κ3) is 15.8. The molecular formula is C49H53N8O22P3. The normalized spacial score (nSPS) is 17.3. The van der Waals surface area contributed by atoms with E-state index in [0.29, 0.717) is 57.4 Å². The molecule has 10 N–H and O–H groups in total. The van der Waals surface area contributed by atoms with E-state index in [1.165, 1.54) is 44.4 Å². The number of nitro benzene ring substituents is 1. The molecule has 3 aromatic carbocycles. The van der Waals surface area contributed by atoms with E-state index in [-0.39, 0.29) is 47.8 Å². The van der Waals surface area contributed by atoms with Crippen molar-refractivity contribution in [3.8, 4) is 34.3 Å². The molecule has 2 aliphatic heterocycles. The molecule has 7 rings (SSSR count). The minimum Gasteiger partial charge on any atom is -0.478 e. The molecule has 0 radical (unpaired) electrons. The Morgan fingerprint density at radius 2 is 1.74 bits per heavy atom. The van der Waals surface area contributed by atoms with Gasteiger partial charge in [-0.3, -0.25) is 29.0 Å². The molecule has 4 aromatic rings. The maximum absolute atomic E-state index is 13.7. The smallest absolute Gasteiger partial charge is 0.478 e. The van der Waals surface area contributed by atoms with E-state index in [4.69, 9.17) is 43.4 Å². The summed E-state index contributed by atoms with van der Waals surface area (Å²) in [7, 11) is -15.8. The first kappa shape index (κ1) is 61.9. The first-order chi connectivity index (χ1) is 38.8. The zero-order valence-electron chi connectivity index (χ0n) is 43.6. The Hall–Kier alpha value is -7.71. The van der Waals surface area contributed by atoms with Gasteiger partial charge in [0.15, 0.2) is 0 Å². The number of amides is 2. The molecule has 6 atom stereocenters. The fourth-order valence-electron chi connectivity index (χ4n) is 8.46. The van der Waals surface area contributed by atoms with E-state index in [1.807, 2.05) is 38.1 Å². The predicted octanol–water partition coefficient (Wildman–Crippen LogP) is 5.69. The lowest BCUT2D eigenvalue weighted by Gasteiger charge is -2.21. The Labute approximate surface area is 464 Å². The Kier molecular flexibility index (Phi) is 20.0. The Bertz CT molecular complexity index is 3750. The Balaban J connectivity index is 1.00. The predicted molar refractivity (Wildman–Crippen MR) is 288 cm³/mol. The van der Waals surface area contributed by atoms with Crippen LogP contribution >= 0.6 is 23.5 Å². The van der Waals surface area contributed by atoms with E-state index in [9.17, 15) is 57.9 Å². The number of phosphoric ester groups is 1. The van der Waals surface area contributed by atoms with Crippen molar-refractivity contribution in [2.45, 2.75) is 58.3 Å². The summed E-state index contributed by atoms with van der Waals surface area (Å²) >= 11 is 0. The van der Waals surface area contributed by atoms with E-state index >= 15 is 0 Å². The lowest BCUT2D eigenvalue weighted by molar-refractivity contribution is -0.386. The molecule has 33 heteroatoms. The summed E-state index contributed by atoms with van der Waals surface area (Å²) in [5, 5.41) is 32.3. The fourth-order valence-corrected chi connectivity index (χ4v) is 11.5. The highest BCUT2D eigenvalue weighted by molar-refractivity contribution is 7.66. The first-order valence-corrected chi connectivity index (χ1v) is 28.9. The quantitative estimate of drug-likeness (QED) is 0.00928. The number of anilines is 2. The lowest BCUT2D eigenvalue weighted by atomic mass is 9.89. The number of nitrogens with one attached hydrogen (secondary N) is 3. The third-order valence-electron chi connectivity index (χ3n) is 11.9. The van der Waals surface area contributed by atoms with Gasteiger partial charge in [-0.1, -0.05) is 24.0 Å². The maximum atomic E-state index is 13.7. The van der Waals surface area contributed by atoms with Gasteiger partial charge in [-0.25, -0.2) is 28.1 Å². The van der Waals surface area contributed by atoms with Crippen LogP contribution in [0.5, 0.6) is 0 Å². The summed E-state index contributed by atoms with van der Waals surface area (Å²) in [5.41, 5.74) is 7.47. The third-order valence-corrected chi connectivity index (χ3v) is 15.7. The van der Waals surface area contributed by atoms with Crippen LogP contribution in [-0.2, 0) is 52.3 Å². The summed E-state index contributed by atoms with van der Waals surface area (Å²) in [6, 6.07) is 19.1. The molecule has 1 aliphatic carbocycles. The average molecular weight is 1200 g/mol. The summed E-state index contributed by atoms with van der Waals surface area (Å²) in [5.74, 6) is 3.39. The number of phosphoric acid groups is 3. The Morgan fingerprint density at radius 3 is 2.44 bits per heavy atom. The van der Waals surface area contributed by atoms with Gasteiger partial charge in [0, 0.05) is 85.3 Å². The molecule has 1 aromatic heterocycles. The molecule has 1 saturated heterocycles. The number of aromatic carboxylic acids is 1. The molecule has 436 valence electrons. The number of carbonyl (C=O) groups is 3. The van der Waals surface area contributed by atoms with Crippen molar-refractivity contribution in [2.75, 3.05) is 51.2 Å². The highest BCUT2D eigenvalue weighted by Crippen LogP contribution is 2.66. The largest absolute Gasteiger partial charge is 0.490 e. The van der Waals surface area contributed by atoms with Crippen LogP contribution in [0.2, 0.25) is 0 Å². The monoisotopic (exact) mass is 1200 g/mol. The zero-order chi connectivity index (χ0) is 59.7. The number of hydrogen-bond acceptors (Lipinski definition) is 21. The lowest BCUT2D eigenvalue weighted by Crippen LogP contribution is -2.30. The molecule has 3 heterocycles. The van der Waals surface area contributed by atoms with Crippen LogP contribution < -0.4 is 32.7 Å². The van der Waals surface area contributed by atoms with Crippen LogP contribution in [-0.4, -0.2) is 109 Å². The number of fused-ring (bicyclic) bond motifs is 2. The van der Waals surface area contributed by atoms with Crippen LogP contribution in [0.3, 0.4) is 0 Å². The number of carbonyl (C=O) groups excluding carboxylic acids is 2. The average Bonchev–Trinajstić information content (AvgIpc) is 3.79. The minimum atomic E-state index is -5.83. The number of ether oxygens (including phenoxy) is 4. The number of nitrogen functional groups attached to an aromatic ring is 1. The topological polar surface area (TPSA) is 434 Å². The fraction of sp³-hybridized carbons (Fsp3) is 0.306. The van der Waals surface area contributed by atoms with Gasteiger partial charge in [0.25, 0.3) is 11.6 Å². The summed E-state index contributed by atoms with van der Waals surface area (Å²) in [6.45, 7) is 4.53. The van der Waals surface area contributed by atoms with Crippen LogP contribution in [0.4, 0.5) is 22.0 Å². The highest BCUT2D eigenvalue weighted by Gasteiger charge is 2.44. The molecule has 0 bridgehead atoms. The number of carboxylic acids is 1. The van der Waals surface area contributed by atoms with E-state index in [1.54, 1.807) is 18.2 Å². The summed E-state index contributed by atoms with van der Waals surface area (Å²) in [6.07, 6.45) is -4.96. The van der Waals surface area contributed by atoms with Gasteiger partial charge in [0.2, 0.25) is 0 Å². The molecule has 1 fully saturated rings. The van der Waals surface area contributed by atoms with Crippen molar-refractivity contribution >= 4 is 69.6 Å². The van der Waals surface area contributed by atoms with Crippen molar-refractivity contribution in [1.29, 1.82) is 0 Å². The number of nitrogens with zero attached hydrogens (tertiary/aromatic N) is 4. The summed E-state index contributed by atoms with van der Waals surface area (Å²) < 4.78 is 76.2. The van der Waals surface area contributed by atoms with Gasteiger partial charge in [-0.2, -0.15) is 13.6 Å². The molecule has 3 unspecified atom stereocenters. The standard InChI is InChI=1S/C49H53N8O22P3/c1-5-51-31-11-14-34-39(20-31)76-40-21-32(52-6-2)12-15-35(40)44(34)33-13-10-29(19-37(33)47(59)60)46(58)54-23-28-9-16-38(57(63)64)36(18-28)27(3)75-49(62)53-17-7-8-30-24-56(48(61)55-45(30)50)43-22-41(73-26-72-4)42(77-43)25-74-81(68,69)79-82(70,71)78-80(65,66)67/h9-16,18-21,24,27,41-43,51H,5-6,17,22-23,25-26H2,1-4H3,(H,53,62)(H,54,58)(H,59,60)(H,68,69)(H,70,71)(H2,50,55,61)(H2,65,66,67)/t27?,41-,42+,43+/m0/s1.